The highest BCUT2D eigenvalue weighted by Gasteiger charge is 2.17. The van der Waals surface area contributed by atoms with Crippen LogP contribution in [0.5, 0.6) is 0 Å². The number of carbonyl (C=O) groups is 1. The summed E-state index contributed by atoms with van der Waals surface area (Å²) in [6.45, 7) is 0. The summed E-state index contributed by atoms with van der Waals surface area (Å²) in [5.74, 6) is -1.13. The van der Waals surface area contributed by atoms with E-state index in [-0.39, 0.29) is 10.6 Å². The summed E-state index contributed by atoms with van der Waals surface area (Å²) in [6, 6.07) is 10.8. The number of aromatic carboxylic acids is 1. The van der Waals surface area contributed by atoms with Crippen LogP contribution < -0.4 is 0 Å². The molecule has 1 N–H and O–H groups in total. The molecule has 122 valence electrons. The van der Waals surface area contributed by atoms with Crippen LogP contribution in [0.15, 0.2) is 59.8 Å². The van der Waals surface area contributed by atoms with Crippen LogP contribution in [0, 0.1) is 0 Å². The molecule has 0 bridgehead atoms. The molecule has 3 aromatic rings. The maximum atomic E-state index is 11.5. The van der Waals surface area contributed by atoms with Crippen LogP contribution in [-0.2, 0) is 9.84 Å². The second-order valence-electron chi connectivity index (χ2n) is 5.14. The highest BCUT2D eigenvalue weighted by Crippen LogP contribution is 2.22. The molecule has 0 aliphatic carbocycles. The minimum absolute atomic E-state index is 0.0269. The monoisotopic (exact) mass is 343 g/mol. The molecule has 1 aromatic carbocycles. The molecule has 24 heavy (non-hydrogen) atoms. The minimum atomic E-state index is -3.32. The van der Waals surface area contributed by atoms with E-state index < -0.39 is 15.8 Å². The van der Waals surface area contributed by atoms with Crippen molar-refractivity contribution in [3.63, 3.8) is 0 Å². The summed E-state index contributed by atoms with van der Waals surface area (Å²) in [5.41, 5.74) is 1.58. The van der Waals surface area contributed by atoms with Crippen molar-refractivity contribution < 1.29 is 18.3 Å². The first-order valence-corrected chi connectivity index (χ1v) is 8.79. The minimum Gasteiger partial charge on any atom is -0.477 e. The molecule has 0 spiro atoms. The maximum Gasteiger partial charge on any atom is 0.354 e. The Balaban J connectivity index is 2.10. The van der Waals surface area contributed by atoms with E-state index in [4.69, 9.17) is 0 Å². The van der Waals surface area contributed by atoms with Gasteiger partial charge in [0.25, 0.3) is 0 Å². The third-order valence-corrected chi connectivity index (χ3v) is 4.52. The maximum absolute atomic E-state index is 11.5. The van der Waals surface area contributed by atoms with Gasteiger partial charge in [-0.2, -0.15) is 5.10 Å². The molecule has 0 fully saturated rings. The molecular formula is C16H13N3O4S. The molecule has 0 amide bonds. The zero-order valence-electron chi connectivity index (χ0n) is 12.6. The second kappa shape index (κ2) is 5.89. The van der Waals surface area contributed by atoms with E-state index >= 15 is 0 Å². The van der Waals surface area contributed by atoms with Crippen LogP contribution in [0.3, 0.4) is 0 Å². The molecule has 0 unspecified atom stereocenters. The van der Waals surface area contributed by atoms with Crippen molar-refractivity contribution >= 4 is 15.8 Å². The number of carboxylic acid groups (broad SMARTS) is 1. The SMILES string of the molecule is CS(=O)(=O)c1ccc(-n2nc(-c3cccnc3)cc2C(=O)O)cc1. The third-order valence-electron chi connectivity index (χ3n) is 3.40. The van der Waals surface area contributed by atoms with Crippen molar-refractivity contribution in [2.24, 2.45) is 0 Å². The normalized spacial score (nSPS) is 11.4. The number of carboxylic acids is 1. The van der Waals surface area contributed by atoms with Crippen LogP contribution >= 0.6 is 0 Å². The zero-order chi connectivity index (χ0) is 17.3. The average Bonchev–Trinajstić information content (AvgIpc) is 3.00. The highest BCUT2D eigenvalue weighted by molar-refractivity contribution is 7.90. The van der Waals surface area contributed by atoms with E-state index in [1.54, 1.807) is 24.5 Å². The molecule has 0 atom stereocenters. The molecule has 8 heteroatoms. The zero-order valence-corrected chi connectivity index (χ0v) is 13.4. The van der Waals surface area contributed by atoms with Crippen LogP contribution in [0.25, 0.3) is 16.9 Å². The van der Waals surface area contributed by atoms with Crippen molar-refractivity contribution in [3.8, 4) is 16.9 Å². The number of hydrogen-bond acceptors (Lipinski definition) is 5. The van der Waals surface area contributed by atoms with E-state index in [1.807, 2.05) is 0 Å². The van der Waals surface area contributed by atoms with Crippen molar-refractivity contribution in [1.29, 1.82) is 0 Å². The molecule has 0 aliphatic heterocycles. The summed E-state index contributed by atoms with van der Waals surface area (Å²) in [7, 11) is -3.32. The number of pyridine rings is 1. The van der Waals surface area contributed by atoms with Gasteiger partial charge >= 0.3 is 5.97 Å². The summed E-state index contributed by atoms with van der Waals surface area (Å²) >= 11 is 0. The summed E-state index contributed by atoms with van der Waals surface area (Å²) in [4.78, 5) is 15.6. The van der Waals surface area contributed by atoms with Gasteiger partial charge in [0.1, 0.15) is 0 Å². The third kappa shape index (κ3) is 3.04. The first-order chi connectivity index (χ1) is 11.4. The van der Waals surface area contributed by atoms with Crippen LogP contribution in [0.1, 0.15) is 10.5 Å². The van der Waals surface area contributed by atoms with Crippen LogP contribution in [0.4, 0.5) is 0 Å². The van der Waals surface area contributed by atoms with E-state index in [1.165, 1.54) is 35.0 Å². The Bertz CT molecular complexity index is 994. The van der Waals surface area contributed by atoms with E-state index in [0.717, 1.165) is 6.26 Å². The molecule has 0 aliphatic rings. The predicted octanol–water partition coefficient (Wildman–Crippen LogP) is 2.04. The number of nitrogens with zero attached hydrogens (tertiary/aromatic N) is 3. The lowest BCUT2D eigenvalue weighted by Gasteiger charge is -2.05. The quantitative estimate of drug-likeness (QED) is 0.778. The lowest BCUT2D eigenvalue weighted by Crippen LogP contribution is -2.08. The van der Waals surface area contributed by atoms with Gasteiger partial charge in [-0.1, -0.05) is 0 Å². The topological polar surface area (TPSA) is 102 Å². The fourth-order valence-corrected chi connectivity index (χ4v) is 2.85. The smallest absolute Gasteiger partial charge is 0.354 e. The first kappa shape index (κ1) is 15.9. The van der Waals surface area contributed by atoms with Crippen molar-refractivity contribution in [2.75, 3.05) is 6.26 Å². The molecule has 2 aromatic heterocycles. The Labute approximate surface area is 138 Å². The molecule has 0 saturated carbocycles. The lowest BCUT2D eigenvalue weighted by atomic mass is 10.2. The number of aromatic nitrogens is 3. The predicted molar refractivity (Wildman–Crippen MR) is 86.9 cm³/mol. The Morgan fingerprint density at radius 1 is 1.17 bits per heavy atom. The van der Waals surface area contributed by atoms with Gasteiger partial charge in [-0.15, -0.1) is 0 Å². The van der Waals surface area contributed by atoms with E-state index in [2.05, 4.69) is 10.1 Å². The molecule has 0 saturated heterocycles. The number of rotatable bonds is 4. The summed E-state index contributed by atoms with van der Waals surface area (Å²) in [6.07, 6.45) is 4.31. The van der Waals surface area contributed by atoms with Gasteiger partial charge in [0, 0.05) is 24.2 Å². The van der Waals surface area contributed by atoms with E-state index in [0.29, 0.717) is 16.9 Å². The van der Waals surface area contributed by atoms with Crippen molar-refractivity contribution in [2.45, 2.75) is 4.90 Å². The van der Waals surface area contributed by atoms with Crippen molar-refractivity contribution in [1.82, 2.24) is 14.8 Å². The standard InChI is InChI=1S/C16H13N3O4S/c1-24(22,23)13-6-4-12(5-7-13)19-15(16(20)21)9-14(18-19)11-3-2-8-17-10-11/h2-10H,1H3,(H,20,21). The molecule has 0 radical (unpaired) electrons. The summed E-state index contributed by atoms with van der Waals surface area (Å²) < 4.78 is 24.3. The van der Waals surface area contributed by atoms with Gasteiger partial charge in [-0.05, 0) is 42.5 Å². The van der Waals surface area contributed by atoms with Gasteiger partial charge in [0.15, 0.2) is 15.5 Å². The largest absolute Gasteiger partial charge is 0.477 e. The van der Waals surface area contributed by atoms with Gasteiger partial charge in [-0.25, -0.2) is 17.9 Å². The van der Waals surface area contributed by atoms with Gasteiger partial charge in [0.2, 0.25) is 0 Å². The Hall–Kier alpha value is -3.00. The molecular weight excluding hydrogens is 330 g/mol. The fourth-order valence-electron chi connectivity index (χ4n) is 2.22. The fraction of sp³-hybridized carbons (Fsp3) is 0.0625. The summed E-state index contributed by atoms with van der Waals surface area (Å²) in [5, 5.41) is 13.7. The number of hydrogen-bond donors (Lipinski definition) is 1. The Morgan fingerprint density at radius 2 is 1.88 bits per heavy atom. The van der Waals surface area contributed by atoms with Gasteiger partial charge in [-0.3, -0.25) is 4.98 Å². The first-order valence-electron chi connectivity index (χ1n) is 6.90. The second-order valence-corrected chi connectivity index (χ2v) is 7.16. The molecule has 7 nitrogen and oxygen atoms in total. The van der Waals surface area contributed by atoms with Crippen LogP contribution in [-0.4, -0.2) is 40.5 Å². The Morgan fingerprint density at radius 3 is 2.42 bits per heavy atom. The number of benzene rings is 1. The average molecular weight is 343 g/mol. The van der Waals surface area contributed by atoms with E-state index in [9.17, 15) is 18.3 Å². The van der Waals surface area contributed by atoms with Gasteiger partial charge < -0.3 is 5.11 Å². The van der Waals surface area contributed by atoms with Gasteiger partial charge in [0.05, 0.1) is 16.3 Å². The molecule has 3 rings (SSSR count). The highest BCUT2D eigenvalue weighted by atomic mass is 32.2. The number of sulfone groups is 1. The van der Waals surface area contributed by atoms with Crippen LogP contribution in [0.2, 0.25) is 0 Å². The Kier molecular flexibility index (Phi) is 3.90. The lowest BCUT2D eigenvalue weighted by molar-refractivity contribution is 0.0687. The molecule has 2 heterocycles. The van der Waals surface area contributed by atoms with Crippen molar-refractivity contribution in [3.05, 3.63) is 60.6 Å².